The molecule has 0 aromatic carbocycles. The average molecular weight is 239 g/mol. The van der Waals surface area contributed by atoms with Crippen molar-refractivity contribution in [1.82, 2.24) is 4.90 Å². The van der Waals surface area contributed by atoms with E-state index < -0.39 is 0 Å². The smallest absolute Gasteiger partial charge is 0.409 e. The van der Waals surface area contributed by atoms with E-state index in [0.29, 0.717) is 12.3 Å². The van der Waals surface area contributed by atoms with Crippen molar-refractivity contribution in [2.24, 2.45) is 5.92 Å². The maximum absolute atomic E-state index is 11.7. The van der Waals surface area contributed by atoms with Gasteiger partial charge in [-0.3, -0.25) is 4.79 Å². The number of amides is 1. The molecule has 2 heterocycles. The number of carbonyl (C=O) groups is 2. The lowest BCUT2D eigenvalue weighted by Crippen LogP contribution is -2.48. The molecule has 2 atom stereocenters. The highest BCUT2D eigenvalue weighted by Gasteiger charge is 2.39. The fourth-order valence-electron chi connectivity index (χ4n) is 2.52. The van der Waals surface area contributed by atoms with Crippen molar-refractivity contribution in [1.29, 1.82) is 0 Å². The Morgan fingerprint density at radius 1 is 1.53 bits per heavy atom. The van der Waals surface area contributed by atoms with Gasteiger partial charge in [0, 0.05) is 6.54 Å². The van der Waals surface area contributed by atoms with E-state index in [4.69, 9.17) is 9.47 Å². The number of hydrogen-bond acceptors (Lipinski definition) is 4. The number of nitrogens with zero attached hydrogens (tertiary/aromatic N) is 1. The molecule has 2 aliphatic heterocycles. The molecule has 0 saturated carbocycles. The van der Waals surface area contributed by atoms with Gasteiger partial charge in [-0.2, -0.15) is 0 Å². The zero-order chi connectivity index (χ0) is 12.4. The van der Waals surface area contributed by atoms with Gasteiger partial charge in [0.05, 0.1) is 19.1 Å². The zero-order valence-electron chi connectivity index (χ0n) is 10.1. The standard InChI is InChI=1S/C12H17NO4/c1-8-7-9(11(14)17-8)10-5-3-4-6-13(10)12(15)16-2/h7,9-10H,3-6H2,1-2H3/t9?,10-/m1/s1. The van der Waals surface area contributed by atoms with Crippen molar-refractivity contribution in [2.75, 3.05) is 13.7 Å². The van der Waals surface area contributed by atoms with Gasteiger partial charge in [0.15, 0.2) is 0 Å². The Morgan fingerprint density at radius 3 is 2.88 bits per heavy atom. The Morgan fingerprint density at radius 2 is 2.29 bits per heavy atom. The first kappa shape index (κ1) is 12.0. The number of methoxy groups -OCH3 is 1. The molecule has 0 aliphatic carbocycles. The summed E-state index contributed by atoms with van der Waals surface area (Å²) in [6.07, 6.45) is 4.23. The number of rotatable bonds is 1. The minimum Gasteiger partial charge on any atom is -0.453 e. The third kappa shape index (κ3) is 2.28. The first-order valence-corrected chi connectivity index (χ1v) is 5.88. The SMILES string of the molecule is COC(=O)N1CCCC[C@@H]1C1C=C(C)OC1=O. The lowest BCUT2D eigenvalue weighted by molar-refractivity contribution is -0.141. The van der Waals surface area contributed by atoms with Crippen LogP contribution in [-0.2, 0) is 14.3 Å². The molecule has 0 aromatic rings. The second-order valence-electron chi connectivity index (χ2n) is 4.45. The molecule has 1 fully saturated rings. The molecule has 1 unspecified atom stereocenters. The first-order valence-electron chi connectivity index (χ1n) is 5.88. The predicted molar refractivity (Wildman–Crippen MR) is 60.1 cm³/mol. The summed E-state index contributed by atoms with van der Waals surface area (Å²) in [4.78, 5) is 25.0. The fraction of sp³-hybridized carbons (Fsp3) is 0.667. The number of piperidine rings is 1. The summed E-state index contributed by atoms with van der Waals surface area (Å²) in [6, 6.07) is -0.124. The van der Waals surface area contributed by atoms with Gasteiger partial charge in [-0.1, -0.05) is 0 Å². The maximum Gasteiger partial charge on any atom is 0.409 e. The van der Waals surface area contributed by atoms with Gasteiger partial charge in [0.25, 0.3) is 0 Å². The minimum atomic E-state index is -0.361. The van der Waals surface area contributed by atoms with Gasteiger partial charge in [-0.15, -0.1) is 0 Å². The van der Waals surface area contributed by atoms with Crippen LogP contribution in [0, 0.1) is 5.92 Å². The molecule has 94 valence electrons. The third-order valence-corrected chi connectivity index (χ3v) is 3.32. The van der Waals surface area contributed by atoms with E-state index >= 15 is 0 Å². The molecule has 0 N–H and O–H groups in total. The largest absolute Gasteiger partial charge is 0.453 e. The highest BCUT2D eigenvalue weighted by molar-refractivity contribution is 5.80. The highest BCUT2D eigenvalue weighted by Crippen LogP contribution is 2.30. The molecule has 0 radical (unpaired) electrons. The molecule has 1 amide bonds. The van der Waals surface area contributed by atoms with Gasteiger partial charge in [0.2, 0.25) is 0 Å². The molecule has 0 bridgehead atoms. The van der Waals surface area contributed by atoms with Crippen LogP contribution in [0.1, 0.15) is 26.2 Å². The molecule has 0 spiro atoms. The van der Waals surface area contributed by atoms with Crippen LogP contribution in [0.15, 0.2) is 11.8 Å². The number of esters is 1. The van der Waals surface area contributed by atoms with Crippen LogP contribution in [0.2, 0.25) is 0 Å². The van der Waals surface area contributed by atoms with Crippen molar-refractivity contribution in [3.8, 4) is 0 Å². The molecule has 1 saturated heterocycles. The second kappa shape index (κ2) is 4.77. The van der Waals surface area contributed by atoms with Crippen LogP contribution in [-0.4, -0.2) is 36.7 Å². The van der Waals surface area contributed by atoms with Crippen LogP contribution < -0.4 is 0 Å². The van der Waals surface area contributed by atoms with Gasteiger partial charge >= 0.3 is 12.1 Å². The van der Waals surface area contributed by atoms with Crippen LogP contribution >= 0.6 is 0 Å². The van der Waals surface area contributed by atoms with Gasteiger partial charge in [-0.25, -0.2) is 4.79 Å². The molecule has 5 heteroatoms. The average Bonchev–Trinajstić information content (AvgIpc) is 2.67. The lowest BCUT2D eigenvalue weighted by atomic mass is 9.91. The summed E-state index contributed by atoms with van der Waals surface area (Å²) in [5.74, 6) is 0.0214. The Kier molecular flexibility index (Phi) is 3.36. The number of allylic oxidation sites excluding steroid dienone is 1. The molecule has 2 aliphatic rings. The summed E-state index contributed by atoms with van der Waals surface area (Å²) in [6.45, 7) is 2.40. The molecular formula is C12H17NO4. The summed E-state index contributed by atoms with van der Waals surface area (Å²) in [5, 5.41) is 0. The van der Waals surface area contributed by atoms with E-state index in [9.17, 15) is 9.59 Å². The number of hydrogen-bond donors (Lipinski definition) is 0. The fourth-order valence-corrected chi connectivity index (χ4v) is 2.52. The van der Waals surface area contributed by atoms with Crippen LogP contribution in [0.3, 0.4) is 0 Å². The Balaban J connectivity index is 2.16. The van der Waals surface area contributed by atoms with E-state index in [-0.39, 0.29) is 24.0 Å². The molecule has 17 heavy (non-hydrogen) atoms. The van der Waals surface area contributed by atoms with Gasteiger partial charge in [0.1, 0.15) is 5.76 Å². The quantitative estimate of drug-likeness (QED) is 0.653. The monoisotopic (exact) mass is 239 g/mol. The second-order valence-corrected chi connectivity index (χ2v) is 4.45. The Labute approximate surface area is 100 Å². The Bertz CT molecular complexity index is 364. The highest BCUT2D eigenvalue weighted by atomic mass is 16.5. The number of cyclic esters (lactones) is 1. The topological polar surface area (TPSA) is 55.8 Å². The van der Waals surface area contributed by atoms with Crippen molar-refractivity contribution >= 4 is 12.1 Å². The van der Waals surface area contributed by atoms with Crippen molar-refractivity contribution < 1.29 is 19.1 Å². The predicted octanol–water partition coefficient (Wildman–Crippen LogP) is 1.68. The Hall–Kier alpha value is -1.52. The number of likely N-dealkylation sites (tertiary alicyclic amines) is 1. The van der Waals surface area contributed by atoms with E-state index in [1.807, 2.05) is 0 Å². The maximum atomic E-state index is 11.7. The normalized spacial score (nSPS) is 28.7. The van der Waals surface area contributed by atoms with E-state index in [2.05, 4.69) is 0 Å². The van der Waals surface area contributed by atoms with Gasteiger partial charge in [-0.05, 0) is 32.3 Å². The molecule has 5 nitrogen and oxygen atoms in total. The summed E-state index contributed by atoms with van der Waals surface area (Å²) in [7, 11) is 1.36. The first-order chi connectivity index (χ1) is 8.13. The molecular weight excluding hydrogens is 222 g/mol. The minimum absolute atomic E-state index is 0.124. The third-order valence-electron chi connectivity index (χ3n) is 3.32. The van der Waals surface area contributed by atoms with Crippen LogP contribution in [0.25, 0.3) is 0 Å². The lowest BCUT2D eigenvalue weighted by Gasteiger charge is -2.36. The van der Waals surface area contributed by atoms with Crippen molar-refractivity contribution in [3.05, 3.63) is 11.8 Å². The van der Waals surface area contributed by atoms with Crippen molar-refractivity contribution in [3.63, 3.8) is 0 Å². The van der Waals surface area contributed by atoms with Crippen molar-refractivity contribution in [2.45, 2.75) is 32.2 Å². The van der Waals surface area contributed by atoms with E-state index in [1.54, 1.807) is 17.9 Å². The summed E-state index contributed by atoms with van der Waals surface area (Å²) in [5.41, 5.74) is 0. The molecule has 0 aromatic heterocycles. The van der Waals surface area contributed by atoms with E-state index in [1.165, 1.54) is 7.11 Å². The zero-order valence-corrected chi connectivity index (χ0v) is 10.1. The van der Waals surface area contributed by atoms with Crippen LogP contribution in [0.5, 0.6) is 0 Å². The molecule has 2 rings (SSSR count). The number of ether oxygens (including phenoxy) is 2. The summed E-state index contributed by atoms with van der Waals surface area (Å²) >= 11 is 0. The van der Waals surface area contributed by atoms with E-state index in [0.717, 1.165) is 19.3 Å². The van der Waals surface area contributed by atoms with Crippen LogP contribution in [0.4, 0.5) is 4.79 Å². The number of carbonyl (C=O) groups excluding carboxylic acids is 2. The summed E-state index contributed by atoms with van der Waals surface area (Å²) < 4.78 is 9.79. The van der Waals surface area contributed by atoms with Gasteiger partial charge < -0.3 is 14.4 Å².